The number of allylic oxidation sites excluding steroid dienone is 4. The molecule has 7 atom stereocenters. The van der Waals surface area contributed by atoms with Gasteiger partial charge in [0.2, 0.25) is 5.78 Å². The van der Waals surface area contributed by atoms with Gasteiger partial charge in [-0.25, -0.2) is 0 Å². The lowest BCUT2D eigenvalue weighted by atomic mass is 9.46. The molecule has 8 heteroatoms. The first-order valence-corrected chi connectivity index (χ1v) is 12.3. The standard InChI is InChI=1S/C27H34O8/c1-15(28)33-14-23(32)27(35-17(3)30)11-9-21-20-7-6-18-12-19(31)8-10-25(18,4)24(20)22(34-16(2)29)13-26(21,27)5/h8,10,12,20-22,24H,6-7,9,11,13-14H2,1-5H3/t20-,21-,22+,24+,25+,26+,27-/m1/s1. The number of carbonyl (C=O) groups excluding carboxylic acids is 5. The number of rotatable bonds is 5. The third-order valence-corrected chi connectivity index (χ3v) is 9.09. The number of carbonyl (C=O) groups is 5. The van der Waals surface area contributed by atoms with Gasteiger partial charge in [0.1, 0.15) is 6.10 Å². The van der Waals surface area contributed by atoms with Gasteiger partial charge in [0, 0.05) is 37.5 Å². The number of Topliss-reactive ketones (excluding diaryl/α,β-unsaturated/α-hetero) is 1. The van der Waals surface area contributed by atoms with Gasteiger partial charge in [-0.2, -0.15) is 0 Å². The van der Waals surface area contributed by atoms with Gasteiger partial charge in [0.15, 0.2) is 18.0 Å². The number of hydrogen-bond donors (Lipinski definition) is 0. The first kappa shape index (κ1) is 25.3. The predicted molar refractivity (Wildman–Crippen MR) is 124 cm³/mol. The van der Waals surface area contributed by atoms with Crippen molar-refractivity contribution in [3.8, 4) is 0 Å². The number of ketones is 2. The highest BCUT2D eigenvalue weighted by molar-refractivity contribution is 6.01. The molecule has 0 amide bonds. The van der Waals surface area contributed by atoms with Crippen molar-refractivity contribution >= 4 is 29.5 Å². The van der Waals surface area contributed by atoms with Crippen molar-refractivity contribution in [1.29, 1.82) is 0 Å². The van der Waals surface area contributed by atoms with Crippen LogP contribution in [0.2, 0.25) is 0 Å². The van der Waals surface area contributed by atoms with Crippen molar-refractivity contribution in [3.05, 3.63) is 23.8 Å². The Morgan fingerprint density at radius 2 is 1.74 bits per heavy atom. The lowest BCUT2D eigenvalue weighted by Gasteiger charge is -2.60. The molecule has 0 spiro atoms. The second kappa shape index (κ2) is 8.71. The molecule has 4 aliphatic rings. The number of ether oxygens (including phenoxy) is 3. The molecule has 0 aromatic carbocycles. The lowest BCUT2D eigenvalue weighted by Crippen LogP contribution is -2.63. The van der Waals surface area contributed by atoms with Gasteiger partial charge >= 0.3 is 17.9 Å². The van der Waals surface area contributed by atoms with E-state index < -0.39 is 52.8 Å². The summed E-state index contributed by atoms with van der Waals surface area (Å²) in [6.45, 7) is 7.42. The molecule has 8 nitrogen and oxygen atoms in total. The van der Waals surface area contributed by atoms with E-state index in [9.17, 15) is 24.0 Å². The minimum absolute atomic E-state index is 0.0179. The number of hydrogen-bond acceptors (Lipinski definition) is 8. The second-order valence-electron chi connectivity index (χ2n) is 11.0. The van der Waals surface area contributed by atoms with E-state index in [1.807, 2.05) is 13.0 Å². The van der Waals surface area contributed by atoms with Crippen LogP contribution in [0.5, 0.6) is 0 Å². The maximum atomic E-state index is 13.6. The van der Waals surface area contributed by atoms with Crippen molar-refractivity contribution in [3.63, 3.8) is 0 Å². The summed E-state index contributed by atoms with van der Waals surface area (Å²) in [7, 11) is 0. The molecule has 0 N–H and O–H groups in total. The zero-order chi connectivity index (χ0) is 25.8. The van der Waals surface area contributed by atoms with E-state index in [2.05, 4.69) is 6.92 Å². The molecular weight excluding hydrogens is 452 g/mol. The topological polar surface area (TPSA) is 113 Å². The van der Waals surface area contributed by atoms with E-state index >= 15 is 0 Å². The second-order valence-corrected chi connectivity index (χ2v) is 11.0. The van der Waals surface area contributed by atoms with Gasteiger partial charge in [-0.15, -0.1) is 0 Å². The zero-order valence-electron chi connectivity index (χ0n) is 21.1. The van der Waals surface area contributed by atoms with Crippen LogP contribution >= 0.6 is 0 Å². The minimum Gasteiger partial charge on any atom is -0.462 e. The molecule has 0 aromatic rings. The van der Waals surface area contributed by atoms with Crippen LogP contribution in [0, 0.1) is 28.6 Å². The Balaban J connectivity index is 1.80. The number of esters is 3. The fourth-order valence-corrected chi connectivity index (χ4v) is 7.81. The van der Waals surface area contributed by atoms with Crippen LogP contribution in [0.25, 0.3) is 0 Å². The molecule has 0 aromatic heterocycles. The molecule has 3 fully saturated rings. The summed E-state index contributed by atoms with van der Waals surface area (Å²) in [4.78, 5) is 61.6. The Morgan fingerprint density at radius 3 is 2.37 bits per heavy atom. The molecule has 0 heterocycles. The Labute approximate surface area is 205 Å². The van der Waals surface area contributed by atoms with Gasteiger partial charge in [-0.3, -0.25) is 24.0 Å². The molecule has 35 heavy (non-hydrogen) atoms. The summed E-state index contributed by atoms with van der Waals surface area (Å²) in [5, 5.41) is 0. The summed E-state index contributed by atoms with van der Waals surface area (Å²) in [5.74, 6) is -2.05. The largest absolute Gasteiger partial charge is 0.462 e. The Kier molecular flexibility index (Phi) is 6.31. The highest BCUT2D eigenvalue weighted by atomic mass is 16.6. The summed E-state index contributed by atoms with van der Waals surface area (Å²) < 4.78 is 16.8. The van der Waals surface area contributed by atoms with Crippen LogP contribution < -0.4 is 0 Å². The summed E-state index contributed by atoms with van der Waals surface area (Å²) in [6.07, 6.45) is 7.50. The van der Waals surface area contributed by atoms with Crippen molar-refractivity contribution in [2.75, 3.05) is 6.61 Å². The van der Waals surface area contributed by atoms with Crippen molar-refractivity contribution in [1.82, 2.24) is 0 Å². The summed E-state index contributed by atoms with van der Waals surface area (Å²) in [5.41, 5.74) is -1.70. The maximum Gasteiger partial charge on any atom is 0.303 e. The molecule has 3 saturated carbocycles. The molecule has 0 radical (unpaired) electrons. The maximum absolute atomic E-state index is 13.6. The Hall–Kier alpha value is -2.77. The van der Waals surface area contributed by atoms with Crippen LogP contribution in [-0.2, 0) is 38.2 Å². The van der Waals surface area contributed by atoms with E-state index in [4.69, 9.17) is 14.2 Å². The van der Waals surface area contributed by atoms with E-state index in [0.717, 1.165) is 18.4 Å². The fourth-order valence-electron chi connectivity index (χ4n) is 7.81. The van der Waals surface area contributed by atoms with E-state index in [1.165, 1.54) is 20.8 Å². The van der Waals surface area contributed by atoms with Crippen LogP contribution in [0.4, 0.5) is 0 Å². The normalized spacial score (nSPS) is 39.5. The minimum atomic E-state index is -1.47. The Morgan fingerprint density at radius 1 is 1.03 bits per heavy atom. The zero-order valence-corrected chi connectivity index (χ0v) is 21.1. The fraction of sp³-hybridized carbons (Fsp3) is 0.667. The first-order chi connectivity index (χ1) is 16.3. The first-order valence-electron chi connectivity index (χ1n) is 12.3. The number of fused-ring (bicyclic) bond motifs is 5. The van der Waals surface area contributed by atoms with E-state index in [0.29, 0.717) is 19.3 Å². The van der Waals surface area contributed by atoms with Gasteiger partial charge < -0.3 is 14.2 Å². The monoisotopic (exact) mass is 486 g/mol. The average Bonchev–Trinajstić information content (AvgIpc) is 3.04. The van der Waals surface area contributed by atoms with E-state index in [-0.39, 0.29) is 23.5 Å². The van der Waals surface area contributed by atoms with E-state index in [1.54, 1.807) is 12.2 Å². The highest BCUT2D eigenvalue weighted by Gasteiger charge is 2.71. The molecule has 0 unspecified atom stereocenters. The van der Waals surface area contributed by atoms with Gasteiger partial charge in [-0.05, 0) is 56.1 Å². The average molecular weight is 487 g/mol. The molecule has 4 rings (SSSR count). The third-order valence-electron chi connectivity index (χ3n) is 9.09. The molecule has 190 valence electrons. The lowest BCUT2D eigenvalue weighted by molar-refractivity contribution is -0.205. The van der Waals surface area contributed by atoms with Crippen molar-refractivity contribution < 1.29 is 38.2 Å². The van der Waals surface area contributed by atoms with Crippen molar-refractivity contribution in [2.24, 2.45) is 28.6 Å². The Bertz CT molecular complexity index is 1040. The van der Waals surface area contributed by atoms with Crippen LogP contribution in [0.1, 0.15) is 66.7 Å². The van der Waals surface area contributed by atoms with Gasteiger partial charge in [0.05, 0.1) is 0 Å². The quantitative estimate of drug-likeness (QED) is 0.430. The van der Waals surface area contributed by atoms with Crippen LogP contribution in [0.15, 0.2) is 23.8 Å². The van der Waals surface area contributed by atoms with Crippen molar-refractivity contribution in [2.45, 2.75) is 78.4 Å². The third kappa shape index (κ3) is 3.95. The summed E-state index contributed by atoms with van der Waals surface area (Å²) in [6, 6.07) is 0. The van der Waals surface area contributed by atoms with Crippen LogP contribution in [0.3, 0.4) is 0 Å². The molecule has 0 aliphatic heterocycles. The molecule has 0 bridgehead atoms. The highest BCUT2D eigenvalue weighted by Crippen LogP contribution is 2.68. The smallest absolute Gasteiger partial charge is 0.303 e. The SMILES string of the molecule is CC(=O)OCC(=O)[C@]1(OC(C)=O)CC[C@@H]2[C@H]3CCC4=CC(=O)C=C[C@]4(C)[C@@H]3[C@@H](OC(C)=O)C[C@@]21C. The molecule has 4 aliphatic carbocycles. The predicted octanol–water partition coefficient (Wildman–Crippen LogP) is 3.27. The molecular formula is C27H34O8. The summed E-state index contributed by atoms with van der Waals surface area (Å²) >= 11 is 0. The van der Waals surface area contributed by atoms with Gasteiger partial charge in [0.25, 0.3) is 0 Å². The van der Waals surface area contributed by atoms with Crippen LogP contribution in [-0.4, -0.2) is 47.8 Å². The van der Waals surface area contributed by atoms with Gasteiger partial charge in [-0.1, -0.05) is 25.5 Å². The molecule has 0 saturated heterocycles.